The van der Waals surface area contributed by atoms with Crippen LogP contribution in [-0.4, -0.2) is 11.9 Å². The molecule has 4 heteroatoms. The lowest BCUT2D eigenvalue weighted by Crippen LogP contribution is -2.33. The summed E-state index contributed by atoms with van der Waals surface area (Å²) in [7, 11) is 0. The van der Waals surface area contributed by atoms with Gasteiger partial charge in [0.05, 0.1) is 11.8 Å². The molecule has 0 aromatic carbocycles. The van der Waals surface area contributed by atoms with Crippen LogP contribution in [0.1, 0.15) is 44.0 Å². The molecular weight excluding hydrogens is 270 g/mol. The van der Waals surface area contributed by atoms with Crippen LogP contribution in [0.3, 0.4) is 0 Å². The molecule has 1 heterocycles. The van der Waals surface area contributed by atoms with Crippen LogP contribution in [0, 0.1) is 5.92 Å². The predicted molar refractivity (Wildman–Crippen MR) is 67.4 cm³/mol. The van der Waals surface area contributed by atoms with Gasteiger partial charge in [0.15, 0.2) is 4.67 Å². The Labute approximate surface area is 105 Å². The molecule has 16 heavy (non-hydrogen) atoms. The quantitative estimate of drug-likeness (QED) is 0.899. The zero-order valence-electron chi connectivity index (χ0n) is 9.92. The van der Waals surface area contributed by atoms with E-state index in [4.69, 9.17) is 4.42 Å². The molecule has 0 aliphatic heterocycles. The van der Waals surface area contributed by atoms with Crippen LogP contribution in [0.15, 0.2) is 21.4 Å². The number of rotatable bonds is 5. The molecule has 1 amide bonds. The molecule has 0 radical (unpaired) electrons. The average Bonchev–Trinajstić information content (AvgIpc) is 2.63. The second kappa shape index (κ2) is 6.09. The first kappa shape index (κ1) is 13.3. The third-order valence-corrected chi connectivity index (χ3v) is 3.31. The van der Waals surface area contributed by atoms with Crippen molar-refractivity contribution in [2.45, 2.75) is 39.7 Å². The highest BCUT2D eigenvalue weighted by Gasteiger charge is 2.15. The zero-order valence-corrected chi connectivity index (χ0v) is 11.5. The van der Waals surface area contributed by atoms with Crippen LogP contribution in [0.25, 0.3) is 0 Å². The maximum Gasteiger partial charge on any atom is 0.255 e. The minimum atomic E-state index is -0.0866. The maximum atomic E-state index is 11.8. The molecule has 0 fully saturated rings. The van der Waals surface area contributed by atoms with E-state index in [1.807, 2.05) is 6.92 Å². The molecule has 0 bridgehead atoms. The number of hydrogen-bond donors (Lipinski definition) is 1. The van der Waals surface area contributed by atoms with Crippen LogP contribution < -0.4 is 5.32 Å². The minimum Gasteiger partial charge on any atom is -0.457 e. The highest BCUT2D eigenvalue weighted by molar-refractivity contribution is 9.10. The van der Waals surface area contributed by atoms with Gasteiger partial charge in [-0.15, -0.1) is 0 Å². The first-order chi connectivity index (χ1) is 7.54. The van der Waals surface area contributed by atoms with Crippen molar-refractivity contribution in [2.75, 3.05) is 0 Å². The second-order valence-corrected chi connectivity index (χ2v) is 4.95. The predicted octanol–water partition coefficient (Wildman–Crippen LogP) is 3.60. The topological polar surface area (TPSA) is 42.2 Å². The minimum absolute atomic E-state index is 0.0866. The fourth-order valence-corrected chi connectivity index (χ4v) is 2.01. The van der Waals surface area contributed by atoms with Crippen molar-refractivity contribution in [2.24, 2.45) is 5.92 Å². The van der Waals surface area contributed by atoms with Gasteiger partial charge in [0.1, 0.15) is 0 Å². The fraction of sp³-hybridized carbons (Fsp3) is 0.583. The molecule has 90 valence electrons. The van der Waals surface area contributed by atoms with Crippen LogP contribution in [0.5, 0.6) is 0 Å². The Morgan fingerprint density at radius 1 is 1.56 bits per heavy atom. The highest BCUT2D eigenvalue weighted by atomic mass is 79.9. The van der Waals surface area contributed by atoms with E-state index in [0.29, 0.717) is 16.2 Å². The van der Waals surface area contributed by atoms with Gasteiger partial charge in [0.25, 0.3) is 5.91 Å². The summed E-state index contributed by atoms with van der Waals surface area (Å²) in [5, 5.41) is 2.96. The van der Waals surface area contributed by atoms with E-state index in [0.717, 1.165) is 12.8 Å². The number of halogens is 1. The summed E-state index contributed by atoms with van der Waals surface area (Å²) in [6, 6.07) is 1.85. The van der Waals surface area contributed by atoms with Gasteiger partial charge >= 0.3 is 0 Å². The van der Waals surface area contributed by atoms with E-state index in [1.54, 1.807) is 6.07 Å². The van der Waals surface area contributed by atoms with Crippen molar-refractivity contribution < 1.29 is 9.21 Å². The summed E-state index contributed by atoms with van der Waals surface area (Å²) >= 11 is 3.19. The Hall–Kier alpha value is -0.770. The molecule has 0 spiro atoms. The van der Waals surface area contributed by atoms with E-state index >= 15 is 0 Å². The molecule has 0 saturated heterocycles. The van der Waals surface area contributed by atoms with Crippen LogP contribution >= 0.6 is 15.9 Å². The molecule has 1 N–H and O–H groups in total. The van der Waals surface area contributed by atoms with Crippen molar-refractivity contribution in [3.8, 4) is 0 Å². The van der Waals surface area contributed by atoms with Crippen molar-refractivity contribution in [3.05, 3.63) is 22.6 Å². The lowest BCUT2D eigenvalue weighted by Gasteiger charge is -2.17. The lowest BCUT2D eigenvalue weighted by atomic mass is 10.0. The number of furan rings is 1. The lowest BCUT2D eigenvalue weighted by molar-refractivity contribution is 0.0933. The Kier molecular flexibility index (Phi) is 5.06. The summed E-state index contributed by atoms with van der Waals surface area (Å²) in [4.78, 5) is 11.8. The van der Waals surface area contributed by atoms with Crippen molar-refractivity contribution >= 4 is 21.8 Å². The van der Waals surface area contributed by atoms with Crippen molar-refractivity contribution in [1.29, 1.82) is 0 Å². The third-order valence-electron chi connectivity index (χ3n) is 2.69. The normalized spacial score (nSPS) is 14.5. The summed E-state index contributed by atoms with van der Waals surface area (Å²) in [5.74, 6) is 0.541. The average molecular weight is 288 g/mol. The van der Waals surface area contributed by atoms with Crippen molar-refractivity contribution in [3.63, 3.8) is 0 Å². The molecule has 1 rings (SSSR count). The van der Waals surface area contributed by atoms with E-state index < -0.39 is 0 Å². The number of hydrogen-bond acceptors (Lipinski definition) is 2. The van der Waals surface area contributed by atoms with Crippen molar-refractivity contribution in [1.82, 2.24) is 5.32 Å². The zero-order chi connectivity index (χ0) is 12.1. The molecule has 3 nitrogen and oxygen atoms in total. The molecule has 2 unspecified atom stereocenters. The molecule has 0 aliphatic rings. The van der Waals surface area contributed by atoms with Crippen LogP contribution in [0.2, 0.25) is 0 Å². The van der Waals surface area contributed by atoms with Gasteiger partial charge in [0, 0.05) is 6.04 Å². The van der Waals surface area contributed by atoms with Gasteiger partial charge in [-0.25, -0.2) is 0 Å². The Morgan fingerprint density at radius 2 is 2.25 bits per heavy atom. The first-order valence-electron chi connectivity index (χ1n) is 5.58. The van der Waals surface area contributed by atoms with Gasteiger partial charge in [0.2, 0.25) is 0 Å². The smallest absolute Gasteiger partial charge is 0.255 e. The SMILES string of the molecule is CCC(C)CC(C)NC(=O)c1ccoc1Br. The van der Waals surface area contributed by atoms with E-state index in [-0.39, 0.29) is 11.9 Å². The Bertz CT molecular complexity index is 349. The highest BCUT2D eigenvalue weighted by Crippen LogP contribution is 2.18. The Balaban J connectivity index is 2.49. The van der Waals surface area contributed by atoms with Gasteiger partial charge in [-0.3, -0.25) is 4.79 Å². The first-order valence-corrected chi connectivity index (χ1v) is 6.37. The summed E-state index contributed by atoms with van der Waals surface area (Å²) in [5.41, 5.74) is 0.552. The molecule has 0 aliphatic carbocycles. The fourth-order valence-electron chi connectivity index (χ4n) is 1.59. The van der Waals surface area contributed by atoms with E-state index in [2.05, 4.69) is 35.1 Å². The molecule has 2 atom stereocenters. The number of carbonyl (C=O) groups is 1. The number of carbonyl (C=O) groups excluding carboxylic acids is 1. The van der Waals surface area contributed by atoms with E-state index in [9.17, 15) is 4.79 Å². The van der Waals surface area contributed by atoms with E-state index in [1.165, 1.54) is 6.26 Å². The Morgan fingerprint density at radius 3 is 2.75 bits per heavy atom. The maximum absolute atomic E-state index is 11.8. The molecule has 1 aromatic heterocycles. The number of nitrogens with one attached hydrogen (secondary N) is 1. The summed E-state index contributed by atoms with van der Waals surface area (Å²) < 4.78 is 5.51. The number of amides is 1. The summed E-state index contributed by atoms with van der Waals surface area (Å²) in [6.07, 6.45) is 3.63. The standard InChI is InChI=1S/C12H18BrNO2/c1-4-8(2)7-9(3)14-12(15)10-5-6-16-11(10)13/h5-6,8-9H,4,7H2,1-3H3,(H,14,15). The monoisotopic (exact) mass is 287 g/mol. The van der Waals surface area contributed by atoms with Gasteiger partial charge < -0.3 is 9.73 Å². The van der Waals surface area contributed by atoms with Gasteiger partial charge in [-0.2, -0.15) is 0 Å². The molecule has 0 saturated carbocycles. The third kappa shape index (κ3) is 3.67. The van der Waals surface area contributed by atoms with Gasteiger partial charge in [-0.1, -0.05) is 20.3 Å². The van der Waals surface area contributed by atoms with Gasteiger partial charge in [-0.05, 0) is 41.3 Å². The second-order valence-electron chi connectivity index (χ2n) is 4.23. The largest absolute Gasteiger partial charge is 0.457 e. The molecular formula is C12H18BrNO2. The van der Waals surface area contributed by atoms with Crippen LogP contribution in [-0.2, 0) is 0 Å². The van der Waals surface area contributed by atoms with Crippen LogP contribution in [0.4, 0.5) is 0 Å². The molecule has 1 aromatic rings. The summed E-state index contributed by atoms with van der Waals surface area (Å²) in [6.45, 7) is 6.38.